The van der Waals surface area contributed by atoms with Crippen LogP contribution in [0.5, 0.6) is 0 Å². The van der Waals surface area contributed by atoms with E-state index in [-0.39, 0.29) is 22.3 Å². The monoisotopic (exact) mass is 414 g/mol. The molecule has 11 heteroatoms. The molecule has 0 radical (unpaired) electrons. The number of thiophene rings is 1. The van der Waals surface area contributed by atoms with Crippen molar-refractivity contribution in [2.45, 2.75) is 11.1 Å². The Morgan fingerprint density at radius 3 is 2.78 bits per heavy atom. The Hall–Kier alpha value is -2.79. The molecule has 0 bridgehead atoms. The molecule has 3 rings (SSSR count). The van der Waals surface area contributed by atoms with Gasteiger partial charge in [-0.2, -0.15) is 0 Å². The number of hydrogen-bond donors (Lipinski definition) is 1. The average Bonchev–Trinajstić information content (AvgIpc) is 3.27. The van der Waals surface area contributed by atoms with E-state index in [4.69, 9.17) is 9.26 Å². The maximum atomic E-state index is 13.7. The third-order valence-corrected chi connectivity index (χ3v) is 6.21. The van der Waals surface area contributed by atoms with Crippen LogP contribution in [0.1, 0.15) is 17.4 Å². The second kappa shape index (κ2) is 7.45. The summed E-state index contributed by atoms with van der Waals surface area (Å²) >= 11 is 0.808. The van der Waals surface area contributed by atoms with Gasteiger partial charge in [-0.15, -0.1) is 11.3 Å². The molecule has 0 amide bonds. The van der Waals surface area contributed by atoms with E-state index in [1.807, 2.05) is 4.72 Å². The first-order chi connectivity index (χ1) is 12.8. The molecule has 0 aliphatic heterocycles. The molecule has 142 valence electrons. The van der Waals surface area contributed by atoms with E-state index in [1.165, 1.54) is 18.2 Å². The van der Waals surface area contributed by atoms with E-state index < -0.39 is 33.3 Å². The van der Waals surface area contributed by atoms with Crippen molar-refractivity contribution in [1.82, 2.24) is 5.16 Å². The third kappa shape index (κ3) is 4.14. The van der Waals surface area contributed by atoms with Gasteiger partial charge < -0.3 is 9.26 Å². The summed E-state index contributed by atoms with van der Waals surface area (Å²) < 4.78 is 63.3. The number of nitrogens with zero attached hydrogens (tertiary/aromatic N) is 1. The molecule has 0 saturated carbocycles. The summed E-state index contributed by atoms with van der Waals surface area (Å²) in [6, 6.07) is 6.46. The predicted molar refractivity (Wildman–Crippen MR) is 92.9 cm³/mol. The first-order valence-electron chi connectivity index (χ1n) is 7.52. The molecule has 27 heavy (non-hydrogen) atoms. The molecule has 0 aliphatic rings. The number of benzene rings is 1. The summed E-state index contributed by atoms with van der Waals surface area (Å²) in [5, 5.41) is 3.57. The normalized spacial score (nSPS) is 11.4. The fraction of sp³-hybridized carbons (Fsp3) is 0.125. The topological polar surface area (TPSA) is 98.5 Å². The molecule has 0 spiro atoms. The van der Waals surface area contributed by atoms with Crippen molar-refractivity contribution in [3.05, 3.63) is 53.7 Å². The highest BCUT2D eigenvalue weighted by atomic mass is 32.2. The number of halogens is 2. The van der Waals surface area contributed by atoms with Crippen molar-refractivity contribution in [2.75, 3.05) is 11.3 Å². The maximum absolute atomic E-state index is 13.7. The van der Waals surface area contributed by atoms with E-state index >= 15 is 0 Å². The lowest BCUT2D eigenvalue weighted by atomic mass is 10.3. The molecular formula is C16H12F2N2O5S2. The molecule has 2 aromatic heterocycles. The molecule has 1 N–H and O–H groups in total. The van der Waals surface area contributed by atoms with E-state index in [0.717, 1.165) is 29.5 Å². The van der Waals surface area contributed by atoms with Gasteiger partial charge in [0.1, 0.15) is 15.8 Å². The zero-order chi connectivity index (χ0) is 19.6. The number of hydrogen-bond acceptors (Lipinski definition) is 7. The molecule has 0 atom stereocenters. The van der Waals surface area contributed by atoms with Crippen molar-refractivity contribution >= 4 is 33.0 Å². The highest BCUT2D eigenvalue weighted by Gasteiger charge is 2.22. The molecule has 3 aromatic rings. The number of carbonyl (C=O) groups excluding carboxylic acids is 1. The third-order valence-electron chi connectivity index (χ3n) is 3.26. The summed E-state index contributed by atoms with van der Waals surface area (Å²) in [6.45, 7) is 1.81. The van der Waals surface area contributed by atoms with Crippen molar-refractivity contribution in [3.8, 4) is 10.6 Å². The smallest absolute Gasteiger partial charge is 0.360 e. The quantitative estimate of drug-likeness (QED) is 0.618. The largest absolute Gasteiger partial charge is 0.461 e. The number of nitrogens with one attached hydrogen (secondary N) is 1. The highest BCUT2D eigenvalue weighted by Crippen LogP contribution is 2.32. The summed E-state index contributed by atoms with van der Waals surface area (Å²) in [5.74, 6) is -2.19. The van der Waals surface area contributed by atoms with Crippen LogP contribution in [0.15, 0.2) is 45.1 Å². The lowest BCUT2D eigenvalue weighted by Gasteiger charge is -2.07. The molecule has 0 fully saturated rings. The summed E-state index contributed by atoms with van der Waals surface area (Å²) in [6.07, 6.45) is 0. The fourth-order valence-electron chi connectivity index (χ4n) is 2.06. The first-order valence-corrected chi connectivity index (χ1v) is 9.82. The van der Waals surface area contributed by atoms with Crippen molar-refractivity contribution in [3.63, 3.8) is 0 Å². The molecule has 0 saturated heterocycles. The van der Waals surface area contributed by atoms with E-state index in [9.17, 15) is 22.0 Å². The van der Waals surface area contributed by atoms with Crippen LogP contribution in [0.2, 0.25) is 0 Å². The minimum atomic E-state index is -4.15. The van der Waals surface area contributed by atoms with Crippen molar-refractivity contribution in [2.24, 2.45) is 0 Å². The Labute approximate surface area is 156 Å². The minimum absolute atomic E-state index is 0.0513. The summed E-state index contributed by atoms with van der Waals surface area (Å²) in [7, 11) is -4.15. The van der Waals surface area contributed by atoms with Gasteiger partial charge in [-0.1, -0.05) is 5.16 Å². The van der Waals surface area contributed by atoms with Crippen LogP contribution in [0, 0.1) is 11.6 Å². The van der Waals surface area contributed by atoms with Gasteiger partial charge in [0.2, 0.25) is 0 Å². The SMILES string of the molecule is CCOC(=O)c1cc(-c2ccc(S(=O)(=O)Nc3cc(F)ccc3F)s2)on1. The van der Waals surface area contributed by atoms with E-state index in [2.05, 4.69) is 5.16 Å². The number of sulfonamides is 1. The van der Waals surface area contributed by atoms with E-state index in [0.29, 0.717) is 4.88 Å². The average molecular weight is 414 g/mol. The summed E-state index contributed by atoms with van der Waals surface area (Å²) in [4.78, 5) is 12.0. The Bertz CT molecular complexity index is 1090. The van der Waals surface area contributed by atoms with Gasteiger partial charge in [-0.05, 0) is 31.2 Å². The van der Waals surface area contributed by atoms with Gasteiger partial charge in [0.05, 0.1) is 17.2 Å². The van der Waals surface area contributed by atoms with Gasteiger partial charge in [-0.25, -0.2) is 22.0 Å². The van der Waals surface area contributed by atoms with Crippen LogP contribution in [0.4, 0.5) is 14.5 Å². The number of ether oxygens (including phenoxy) is 1. The molecule has 2 heterocycles. The number of anilines is 1. The maximum Gasteiger partial charge on any atom is 0.360 e. The Balaban J connectivity index is 1.84. The lowest BCUT2D eigenvalue weighted by molar-refractivity contribution is 0.0514. The number of rotatable bonds is 6. The second-order valence-electron chi connectivity index (χ2n) is 5.15. The van der Waals surface area contributed by atoms with Gasteiger partial charge >= 0.3 is 5.97 Å². The predicted octanol–water partition coefficient (Wildman–Crippen LogP) is 3.66. The van der Waals surface area contributed by atoms with Gasteiger partial charge in [0.25, 0.3) is 10.0 Å². The lowest BCUT2D eigenvalue weighted by Crippen LogP contribution is -2.12. The minimum Gasteiger partial charge on any atom is -0.461 e. The number of carbonyl (C=O) groups is 1. The van der Waals surface area contributed by atoms with Crippen LogP contribution in [0.3, 0.4) is 0 Å². The zero-order valence-electron chi connectivity index (χ0n) is 13.7. The Morgan fingerprint density at radius 1 is 1.26 bits per heavy atom. The number of esters is 1. The van der Waals surface area contributed by atoms with Crippen LogP contribution in [-0.2, 0) is 14.8 Å². The Morgan fingerprint density at radius 2 is 2.04 bits per heavy atom. The molecule has 0 aliphatic carbocycles. The van der Waals surface area contributed by atoms with Crippen LogP contribution in [0.25, 0.3) is 10.6 Å². The standard InChI is InChI=1S/C16H12F2N2O5S2/c1-2-24-16(21)12-8-13(25-19-12)14-5-6-15(26-14)27(22,23)20-11-7-9(17)3-4-10(11)18/h3-8,20H,2H2,1H3. The van der Waals surface area contributed by atoms with Crippen molar-refractivity contribution < 1.29 is 31.3 Å². The summed E-state index contributed by atoms with van der Waals surface area (Å²) in [5.41, 5.74) is -0.557. The first kappa shape index (κ1) is 19.0. The molecular weight excluding hydrogens is 402 g/mol. The van der Waals surface area contributed by atoms with Gasteiger partial charge in [0.15, 0.2) is 11.5 Å². The van der Waals surface area contributed by atoms with Crippen LogP contribution < -0.4 is 4.72 Å². The number of aromatic nitrogens is 1. The van der Waals surface area contributed by atoms with Crippen LogP contribution in [-0.4, -0.2) is 26.2 Å². The second-order valence-corrected chi connectivity index (χ2v) is 8.14. The fourth-order valence-corrected chi connectivity index (χ4v) is 4.37. The zero-order valence-corrected chi connectivity index (χ0v) is 15.4. The van der Waals surface area contributed by atoms with Crippen molar-refractivity contribution in [1.29, 1.82) is 0 Å². The Kier molecular flexibility index (Phi) is 5.24. The van der Waals surface area contributed by atoms with E-state index in [1.54, 1.807) is 6.92 Å². The highest BCUT2D eigenvalue weighted by molar-refractivity contribution is 7.94. The molecule has 0 unspecified atom stereocenters. The molecule has 1 aromatic carbocycles. The molecule has 7 nitrogen and oxygen atoms in total. The van der Waals surface area contributed by atoms with Gasteiger partial charge in [-0.3, -0.25) is 4.72 Å². The van der Waals surface area contributed by atoms with Crippen LogP contribution >= 0.6 is 11.3 Å². The van der Waals surface area contributed by atoms with Gasteiger partial charge in [0, 0.05) is 12.1 Å².